The van der Waals surface area contributed by atoms with Crippen LogP contribution in [0.3, 0.4) is 0 Å². The summed E-state index contributed by atoms with van der Waals surface area (Å²) in [6.07, 6.45) is 3.15. The van der Waals surface area contributed by atoms with Gasteiger partial charge in [0.05, 0.1) is 11.0 Å². The van der Waals surface area contributed by atoms with E-state index in [1.165, 1.54) is 0 Å². The van der Waals surface area contributed by atoms with E-state index in [0.29, 0.717) is 18.4 Å². The summed E-state index contributed by atoms with van der Waals surface area (Å²) in [6, 6.07) is 5.17. The first-order valence-electron chi connectivity index (χ1n) is 6.84. The summed E-state index contributed by atoms with van der Waals surface area (Å²) in [6.45, 7) is 1.73. The molecule has 6 heteroatoms. The van der Waals surface area contributed by atoms with Gasteiger partial charge < -0.3 is 10.4 Å². The van der Waals surface area contributed by atoms with Crippen LogP contribution in [-0.2, 0) is 4.79 Å². The van der Waals surface area contributed by atoms with Gasteiger partial charge in [-0.25, -0.2) is 0 Å². The molecule has 1 saturated carbocycles. The van der Waals surface area contributed by atoms with Gasteiger partial charge in [-0.05, 0) is 60.6 Å². The second kappa shape index (κ2) is 6.64. The third-order valence-electron chi connectivity index (χ3n) is 4.17. The number of nitrogens with one attached hydrogen (secondary N) is 1. The van der Waals surface area contributed by atoms with Crippen molar-refractivity contribution in [1.29, 1.82) is 0 Å². The normalized spacial score (nSPS) is 25.4. The lowest BCUT2D eigenvalue weighted by atomic mass is 9.71. The van der Waals surface area contributed by atoms with E-state index in [4.69, 9.17) is 0 Å². The predicted molar refractivity (Wildman–Crippen MR) is 92.3 cm³/mol. The first kappa shape index (κ1) is 16.7. The molecule has 1 amide bonds. The van der Waals surface area contributed by atoms with Crippen molar-refractivity contribution in [3.05, 3.63) is 31.8 Å². The van der Waals surface area contributed by atoms with Crippen LogP contribution in [0.15, 0.2) is 22.7 Å². The first-order valence-corrected chi connectivity index (χ1v) is 8.71. The van der Waals surface area contributed by atoms with Crippen LogP contribution in [-0.4, -0.2) is 23.0 Å². The molecule has 0 heterocycles. The Hall–Kier alpha value is -0.630. The molecular weight excluding hydrogens is 449 g/mol. The van der Waals surface area contributed by atoms with Crippen LogP contribution in [0, 0.1) is 8.99 Å². The SMILES string of the molecule is CC1(C(=O)O)CCCCC1NC(=O)c1cc(Br)ccc1I. The number of carbonyl (C=O) groups excluding carboxylic acids is 1. The fourth-order valence-electron chi connectivity index (χ4n) is 2.73. The molecule has 1 aliphatic carbocycles. The molecule has 2 N–H and O–H groups in total. The van der Waals surface area contributed by atoms with E-state index in [-0.39, 0.29) is 11.9 Å². The molecule has 1 fully saturated rings. The van der Waals surface area contributed by atoms with E-state index in [1.54, 1.807) is 13.0 Å². The highest BCUT2D eigenvalue weighted by molar-refractivity contribution is 14.1. The summed E-state index contributed by atoms with van der Waals surface area (Å²) in [5.41, 5.74) is -0.311. The Bertz CT molecular complexity index is 578. The van der Waals surface area contributed by atoms with Gasteiger partial charge in [-0.2, -0.15) is 0 Å². The molecule has 0 aromatic heterocycles. The van der Waals surface area contributed by atoms with E-state index in [2.05, 4.69) is 43.8 Å². The highest BCUT2D eigenvalue weighted by Crippen LogP contribution is 2.36. The van der Waals surface area contributed by atoms with Crippen LogP contribution < -0.4 is 5.32 Å². The number of hydrogen-bond donors (Lipinski definition) is 2. The van der Waals surface area contributed by atoms with E-state index < -0.39 is 11.4 Å². The van der Waals surface area contributed by atoms with Crippen LogP contribution >= 0.6 is 38.5 Å². The minimum Gasteiger partial charge on any atom is -0.481 e. The molecule has 0 radical (unpaired) electrons. The summed E-state index contributed by atoms with van der Waals surface area (Å²) in [7, 11) is 0. The second-order valence-electron chi connectivity index (χ2n) is 5.62. The molecule has 0 spiro atoms. The zero-order valence-corrected chi connectivity index (χ0v) is 15.4. The number of carbonyl (C=O) groups is 2. The van der Waals surface area contributed by atoms with Crippen LogP contribution in [0.25, 0.3) is 0 Å². The van der Waals surface area contributed by atoms with Crippen molar-refractivity contribution in [1.82, 2.24) is 5.32 Å². The summed E-state index contributed by atoms with van der Waals surface area (Å²) in [5.74, 6) is -1.04. The molecule has 0 saturated heterocycles. The summed E-state index contributed by atoms with van der Waals surface area (Å²) < 4.78 is 1.68. The van der Waals surface area contributed by atoms with Crippen molar-refractivity contribution in [2.75, 3.05) is 0 Å². The van der Waals surface area contributed by atoms with Gasteiger partial charge in [0.25, 0.3) is 5.91 Å². The average molecular weight is 466 g/mol. The Labute approximate surface area is 146 Å². The number of amides is 1. The largest absolute Gasteiger partial charge is 0.481 e. The van der Waals surface area contributed by atoms with Gasteiger partial charge in [0.2, 0.25) is 0 Å². The minimum atomic E-state index is -0.884. The van der Waals surface area contributed by atoms with Crippen molar-refractivity contribution < 1.29 is 14.7 Å². The van der Waals surface area contributed by atoms with Crippen molar-refractivity contribution in [3.63, 3.8) is 0 Å². The summed E-state index contributed by atoms with van der Waals surface area (Å²) in [5, 5.41) is 12.4. The van der Waals surface area contributed by atoms with Crippen molar-refractivity contribution >= 4 is 50.4 Å². The van der Waals surface area contributed by atoms with Crippen LogP contribution in [0.4, 0.5) is 0 Å². The van der Waals surface area contributed by atoms with E-state index in [0.717, 1.165) is 20.9 Å². The van der Waals surface area contributed by atoms with Gasteiger partial charge in [-0.15, -0.1) is 0 Å². The average Bonchev–Trinajstić information content (AvgIpc) is 2.43. The van der Waals surface area contributed by atoms with Crippen molar-refractivity contribution in [2.45, 2.75) is 38.6 Å². The Morgan fingerprint density at radius 1 is 1.43 bits per heavy atom. The van der Waals surface area contributed by atoms with Gasteiger partial charge in [0, 0.05) is 14.1 Å². The highest BCUT2D eigenvalue weighted by atomic mass is 127. The number of hydrogen-bond acceptors (Lipinski definition) is 2. The quantitative estimate of drug-likeness (QED) is 0.667. The smallest absolute Gasteiger partial charge is 0.311 e. The molecule has 4 nitrogen and oxygen atoms in total. The topological polar surface area (TPSA) is 66.4 Å². The molecule has 1 aromatic rings. The molecule has 2 atom stereocenters. The Kier molecular flexibility index (Phi) is 5.29. The van der Waals surface area contributed by atoms with Crippen molar-refractivity contribution in [2.24, 2.45) is 5.41 Å². The lowest BCUT2D eigenvalue weighted by molar-refractivity contribution is -0.151. The van der Waals surface area contributed by atoms with Crippen LogP contribution in [0.2, 0.25) is 0 Å². The van der Waals surface area contributed by atoms with Crippen molar-refractivity contribution in [3.8, 4) is 0 Å². The van der Waals surface area contributed by atoms with Gasteiger partial charge in [-0.1, -0.05) is 28.8 Å². The number of benzene rings is 1. The molecule has 2 unspecified atom stereocenters. The van der Waals surface area contributed by atoms with E-state index >= 15 is 0 Å². The third-order valence-corrected chi connectivity index (χ3v) is 5.61. The fourth-order valence-corrected chi connectivity index (χ4v) is 3.67. The lowest BCUT2D eigenvalue weighted by Crippen LogP contribution is -2.52. The molecule has 0 aliphatic heterocycles. The zero-order chi connectivity index (χ0) is 15.6. The minimum absolute atomic E-state index is 0.208. The molecule has 114 valence electrons. The Morgan fingerprint density at radius 2 is 2.14 bits per heavy atom. The predicted octanol–water partition coefficient (Wildman–Crippen LogP) is 3.82. The fraction of sp³-hybridized carbons (Fsp3) is 0.467. The number of aliphatic carboxylic acids is 1. The maximum absolute atomic E-state index is 12.5. The van der Waals surface area contributed by atoms with Gasteiger partial charge in [0.1, 0.15) is 0 Å². The number of rotatable bonds is 3. The Balaban J connectivity index is 2.21. The first-order chi connectivity index (χ1) is 9.84. The van der Waals surface area contributed by atoms with Gasteiger partial charge in [-0.3, -0.25) is 9.59 Å². The maximum atomic E-state index is 12.5. The Morgan fingerprint density at radius 3 is 2.81 bits per heavy atom. The monoisotopic (exact) mass is 465 g/mol. The van der Waals surface area contributed by atoms with E-state index in [9.17, 15) is 14.7 Å². The molecule has 1 aliphatic rings. The highest BCUT2D eigenvalue weighted by Gasteiger charge is 2.44. The number of carboxylic acids is 1. The maximum Gasteiger partial charge on any atom is 0.311 e. The molecular formula is C15H17BrINO3. The molecule has 1 aromatic carbocycles. The molecule has 0 bridgehead atoms. The van der Waals surface area contributed by atoms with Crippen LogP contribution in [0.5, 0.6) is 0 Å². The number of halogens is 2. The van der Waals surface area contributed by atoms with Crippen LogP contribution in [0.1, 0.15) is 43.0 Å². The molecule has 2 rings (SSSR count). The zero-order valence-electron chi connectivity index (χ0n) is 11.7. The lowest BCUT2D eigenvalue weighted by Gasteiger charge is -2.38. The van der Waals surface area contributed by atoms with E-state index in [1.807, 2.05) is 12.1 Å². The summed E-state index contributed by atoms with van der Waals surface area (Å²) >= 11 is 5.47. The van der Waals surface area contributed by atoms with Gasteiger partial charge in [0.15, 0.2) is 0 Å². The standard InChI is InChI=1S/C15H17BrINO3/c1-15(14(20)21)7-3-2-4-12(15)18-13(19)10-8-9(16)5-6-11(10)17/h5-6,8,12H,2-4,7H2,1H3,(H,18,19)(H,20,21). The molecule has 21 heavy (non-hydrogen) atoms. The number of carboxylic acid groups (broad SMARTS) is 1. The van der Waals surface area contributed by atoms with Gasteiger partial charge >= 0.3 is 5.97 Å². The third kappa shape index (κ3) is 3.59. The summed E-state index contributed by atoms with van der Waals surface area (Å²) in [4.78, 5) is 24.0. The second-order valence-corrected chi connectivity index (χ2v) is 7.70.